The van der Waals surface area contributed by atoms with Gasteiger partial charge >= 0.3 is 0 Å². The fourth-order valence-electron chi connectivity index (χ4n) is 3.64. The van der Waals surface area contributed by atoms with Crippen LogP contribution in [0.5, 0.6) is 0 Å². The molecule has 1 aliphatic rings. The highest BCUT2D eigenvalue weighted by Crippen LogP contribution is 2.16. The summed E-state index contributed by atoms with van der Waals surface area (Å²) in [5.74, 6) is -1.63. The van der Waals surface area contributed by atoms with Crippen molar-refractivity contribution >= 4 is 17.7 Å². The summed E-state index contributed by atoms with van der Waals surface area (Å²) in [6.45, 7) is 0.622. The maximum absolute atomic E-state index is 13.0. The lowest BCUT2D eigenvalue weighted by atomic mass is 9.95. The molecule has 0 saturated heterocycles. The number of hydrogen-bond acceptors (Lipinski definition) is 4. The molecule has 3 N–H and O–H groups in total. The Bertz CT molecular complexity index is 720. The van der Waals surface area contributed by atoms with Crippen molar-refractivity contribution in [1.82, 2.24) is 15.7 Å². The summed E-state index contributed by atoms with van der Waals surface area (Å²) in [4.78, 5) is 39.3. The topological polar surface area (TPSA) is 98.7 Å². The van der Waals surface area contributed by atoms with Crippen LogP contribution in [0.15, 0.2) is 42.5 Å². The van der Waals surface area contributed by atoms with Crippen molar-refractivity contribution in [1.29, 1.82) is 0 Å². The molecule has 3 amide bonds. The first-order valence-corrected chi connectivity index (χ1v) is 10.7. The van der Waals surface area contributed by atoms with Crippen molar-refractivity contribution < 1.29 is 19.6 Å². The highest BCUT2D eigenvalue weighted by atomic mass is 16.5. The smallest absolute Gasteiger partial charge is 0.244 e. The average molecular weight is 416 g/mol. The molecule has 164 valence electrons. The summed E-state index contributed by atoms with van der Waals surface area (Å²) in [7, 11) is 1.76. The van der Waals surface area contributed by atoms with Crippen LogP contribution in [0.25, 0.3) is 0 Å². The predicted molar refractivity (Wildman–Crippen MR) is 115 cm³/mol. The summed E-state index contributed by atoms with van der Waals surface area (Å²) in [5, 5.41) is 11.8. The summed E-state index contributed by atoms with van der Waals surface area (Å²) < 4.78 is 0. The fraction of sp³-hybridized carbons (Fsp3) is 0.522. The SMILES string of the molecule is CN1CCC/C=C\CCCC(CC(=O)NO)C(=O)NC(CCc2ccccc2)C1=O. The molecule has 2 unspecified atom stereocenters. The molecule has 30 heavy (non-hydrogen) atoms. The van der Waals surface area contributed by atoms with Crippen LogP contribution in [0.2, 0.25) is 0 Å². The van der Waals surface area contributed by atoms with E-state index in [9.17, 15) is 14.4 Å². The number of rotatable bonds is 5. The number of likely N-dealkylation sites (N-methyl/N-ethyl adjacent to an activating group) is 1. The van der Waals surface area contributed by atoms with Crippen molar-refractivity contribution in [3.63, 3.8) is 0 Å². The molecule has 1 aliphatic heterocycles. The molecular formula is C23H33N3O4. The minimum atomic E-state index is -0.652. The zero-order valence-electron chi connectivity index (χ0n) is 17.7. The lowest BCUT2D eigenvalue weighted by molar-refractivity contribution is -0.138. The summed E-state index contributed by atoms with van der Waals surface area (Å²) in [6, 6.07) is 9.19. The number of nitrogens with one attached hydrogen (secondary N) is 2. The first-order chi connectivity index (χ1) is 14.5. The zero-order chi connectivity index (χ0) is 21.8. The molecule has 0 spiro atoms. The number of nitrogens with zero attached hydrogens (tertiary/aromatic N) is 1. The third-order valence-corrected chi connectivity index (χ3v) is 5.44. The number of allylic oxidation sites excluding steroid dienone is 2. The first-order valence-electron chi connectivity index (χ1n) is 10.7. The van der Waals surface area contributed by atoms with E-state index in [2.05, 4.69) is 17.5 Å². The molecule has 7 nitrogen and oxygen atoms in total. The third kappa shape index (κ3) is 7.99. The molecule has 1 aromatic rings. The van der Waals surface area contributed by atoms with Crippen molar-refractivity contribution in [2.24, 2.45) is 5.92 Å². The monoisotopic (exact) mass is 415 g/mol. The average Bonchev–Trinajstić information content (AvgIpc) is 2.76. The molecule has 0 aromatic heterocycles. The minimum absolute atomic E-state index is 0.110. The molecule has 2 atom stereocenters. The van der Waals surface area contributed by atoms with E-state index in [4.69, 9.17) is 5.21 Å². The van der Waals surface area contributed by atoms with Crippen LogP contribution in [-0.4, -0.2) is 47.5 Å². The van der Waals surface area contributed by atoms with Crippen LogP contribution < -0.4 is 10.8 Å². The van der Waals surface area contributed by atoms with E-state index in [-0.39, 0.29) is 18.2 Å². The third-order valence-electron chi connectivity index (χ3n) is 5.44. The van der Waals surface area contributed by atoms with Gasteiger partial charge in [-0.05, 0) is 50.5 Å². The maximum atomic E-state index is 13.0. The second kappa shape index (κ2) is 12.8. The van der Waals surface area contributed by atoms with Gasteiger partial charge in [0.15, 0.2) is 0 Å². The van der Waals surface area contributed by atoms with E-state index in [0.29, 0.717) is 25.8 Å². The van der Waals surface area contributed by atoms with Gasteiger partial charge in [-0.2, -0.15) is 0 Å². The second-order valence-corrected chi connectivity index (χ2v) is 7.83. The number of hydroxylamine groups is 1. The van der Waals surface area contributed by atoms with E-state index < -0.39 is 17.9 Å². The van der Waals surface area contributed by atoms with Gasteiger partial charge < -0.3 is 10.2 Å². The molecule has 0 radical (unpaired) electrons. The molecule has 0 saturated carbocycles. The summed E-state index contributed by atoms with van der Waals surface area (Å²) >= 11 is 0. The predicted octanol–water partition coefficient (Wildman–Crippen LogP) is 2.59. The van der Waals surface area contributed by atoms with Gasteiger partial charge in [0, 0.05) is 25.9 Å². The normalized spacial score (nSPS) is 22.7. The van der Waals surface area contributed by atoms with Gasteiger partial charge in [-0.1, -0.05) is 42.5 Å². The molecule has 2 rings (SSSR count). The van der Waals surface area contributed by atoms with Gasteiger partial charge in [0.05, 0.1) is 0 Å². The van der Waals surface area contributed by atoms with Gasteiger partial charge in [0.1, 0.15) is 6.04 Å². The van der Waals surface area contributed by atoms with Crippen LogP contribution >= 0.6 is 0 Å². The van der Waals surface area contributed by atoms with Crippen molar-refractivity contribution in [2.45, 2.75) is 57.4 Å². The van der Waals surface area contributed by atoms with E-state index in [1.54, 1.807) is 17.4 Å². The van der Waals surface area contributed by atoms with Gasteiger partial charge in [-0.25, -0.2) is 5.48 Å². The molecule has 1 aromatic carbocycles. The van der Waals surface area contributed by atoms with Crippen molar-refractivity contribution in [3.8, 4) is 0 Å². The number of benzene rings is 1. The Kier molecular flexibility index (Phi) is 10.1. The number of carbonyl (C=O) groups excluding carboxylic acids is 3. The highest BCUT2D eigenvalue weighted by Gasteiger charge is 2.28. The number of amides is 3. The Labute approximate surface area is 178 Å². The van der Waals surface area contributed by atoms with Crippen LogP contribution in [0.1, 0.15) is 50.5 Å². The number of hydrogen-bond donors (Lipinski definition) is 3. The van der Waals surface area contributed by atoms with E-state index in [1.807, 2.05) is 30.3 Å². The largest absolute Gasteiger partial charge is 0.344 e. The van der Waals surface area contributed by atoms with E-state index in [1.165, 1.54) is 0 Å². The lowest BCUT2D eigenvalue weighted by Gasteiger charge is -2.26. The Morgan fingerprint density at radius 3 is 2.57 bits per heavy atom. The molecule has 0 fully saturated rings. The summed E-state index contributed by atoms with van der Waals surface area (Å²) in [6.07, 6.45) is 9.09. The van der Waals surface area contributed by atoms with Crippen molar-refractivity contribution in [2.75, 3.05) is 13.6 Å². The van der Waals surface area contributed by atoms with Gasteiger partial charge in [-0.3, -0.25) is 19.6 Å². The maximum Gasteiger partial charge on any atom is 0.244 e. The Hall–Kier alpha value is -2.67. The number of carbonyl (C=O) groups is 3. The van der Waals surface area contributed by atoms with Gasteiger partial charge in [0.25, 0.3) is 0 Å². The standard InChI is InChI=1S/C23H33N3O4/c1-26-16-10-5-3-2-4-9-13-19(17-21(27)25-30)22(28)24-20(23(26)29)15-14-18-11-7-6-8-12-18/h2-3,6-8,11-12,19-20,30H,4-5,9-10,13-17H2,1H3,(H,24,28)(H,25,27)/b3-2-. The second-order valence-electron chi connectivity index (χ2n) is 7.83. The molecule has 1 heterocycles. The van der Waals surface area contributed by atoms with Crippen LogP contribution in [0.3, 0.4) is 0 Å². The first kappa shape index (κ1) is 23.6. The molecule has 0 bridgehead atoms. The Morgan fingerprint density at radius 1 is 1.17 bits per heavy atom. The molecule has 0 aliphatic carbocycles. The number of aryl methyl sites for hydroxylation is 1. The van der Waals surface area contributed by atoms with Crippen LogP contribution in [-0.2, 0) is 20.8 Å². The lowest BCUT2D eigenvalue weighted by Crippen LogP contribution is -2.49. The zero-order valence-corrected chi connectivity index (χ0v) is 17.7. The molecular weight excluding hydrogens is 382 g/mol. The van der Waals surface area contributed by atoms with Crippen LogP contribution in [0, 0.1) is 5.92 Å². The Balaban J connectivity index is 2.16. The summed E-state index contributed by atoms with van der Waals surface area (Å²) in [5.41, 5.74) is 2.70. The minimum Gasteiger partial charge on any atom is -0.344 e. The van der Waals surface area contributed by atoms with E-state index in [0.717, 1.165) is 31.2 Å². The molecule has 7 heteroatoms. The van der Waals surface area contributed by atoms with E-state index >= 15 is 0 Å². The van der Waals surface area contributed by atoms with Crippen molar-refractivity contribution in [3.05, 3.63) is 48.0 Å². The Morgan fingerprint density at radius 2 is 1.87 bits per heavy atom. The quantitative estimate of drug-likeness (QED) is 0.391. The fourth-order valence-corrected chi connectivity index (χ4v) is 3.64. The van der Waals surface area contributed by atoms with Gasteiger partial charge in [0.2, 0.25) is 17.7 Å². The van der Waals surface area contributed by atoms with Crippen LogP contribution in [0.4, 0.5) is 0 Å². The highest BCUT2D eigenvalue weighted by molar-refractivity contribution is 5.90. The van der Waals surface area contributed by atoms with Gasteiger partial charge in [-0.15, -0.1) is 0 Å².